The topological polar surface area (TPSA) is 78.0 Å². The molecule has 136 valence electrons. The molecule has 3 aromatic rings. The maximum Gasteiger partial charge on any atom is 0.191 e. The van der Waals surface area contributed by atoms with Crippen molar-refractivity contribution < 1.29 is 0 Å². The van der Waals surface area contributed by atoms with Crippen LogP contribution in [0.25, 0.3) is 11.4 Å². The van der Waals surface area contributed by atoms with E-state index < -0.39 is 0 Å². The first-order valence-corrected chi connectivity index (χ1v) is 8.28. The first-order valence-electron chi connectivity index (χ1n) is 8.28. The Morgan fingerprint density at radius 3 is 2.58 bits per heavy atom. The normalized spacial score (nSPS) is 10.9. The van der Waals surface area contributed by atoms with E-state index in [1.165, 1.54) is 11.9 Å². The number of nitrogens with zero attached hydrogens (tertiary/aromatic N) is 3. The molecule has 0 spiro atoms. The summed E-state index contributed by atoms with van der Waals surface area (Å²) in [5.41, 5.74) is 3.48. The Hall–Kier alpha value is -2.42. The minimum atomic E-state index is 0. The third-order valence-corrected chi connectivity index (χ3v) is 3.85. The van der Waals surface area contributed by atoms with E-state index in [0.29, 0.717) is 6.54 Å². The van der Waals surface area contributed by atoms with Crippen LogP contribution in [-0.4, -0.2) is 34.7 Å². The van der Waals surface area contributed by atoms with Gasteiger partial charge in [0.1, 0.15) is 6.33 Å². The van der Waals surface area contributed by atoms with Crippen LogP contribution in [0.1, 0.15) is 11.1 Å². The van der Waals surface area contributed by atoms with Gasteiger partial charge in [-0.05, 0) is 23.6 Å². The number of aromatic nitrogens is 3. The van der Waals surface area contributed by atoms with Crippen molar-refractivity contribution in [1.82, 2.24) is 25.8 Å². The van der Waals surface area contributed by atoms with Crippen LogP contribution in [-0.2, 0) is 13.0 Å². The van der Waals surface area contributed by atoms with E-state index in [1.54, 1.807) is 7.05 Å². The molecule has 7 heteroatoms. The minimum Gasteiger partial charge on any atom is -0.356 e. The van der Waals surface area contributed by atoms with Gasteiger partial charge in [-0.15, -0.1) is 24.0 Å². The van der Waals surface area contributed by atoms with Gasteiger partial charge in [0.15, 0.2) is 11.8 Å². The van der Waals surface area contributed by atoms with Gasteiger partial charge in [-0.25, -0.2) is 4.98 Å². The molecule has 6 nitrogen and oxygen atoms in total. The third kappa shape index (κ3) is 5.83. The number of H-pyrrole nitrogens is 1. The lowest BCUT2D eigenvalue weighted by Gasteiger charge is -2.12. The Morgan fingerprint density at radius 2 is 1.85 bits per heavy atom. The molecule has 2 aromatic carbocycles. The van der Waals surface area contributed by atoms with Gasteiger partial charge >= 0.3 is 0 Å². The molecular weight excluding hydrogens is 439 g/mol. The summed E-state index contributed by atoms with van der Waals surface area (Å²) < 4.78 is 0. The second kappa shape index (κ2) is 10.5. The monoisotopic (exact) mass is 462 g/mol. The zero-order valence-electron chi connectivity index (χ0n) is 14.6. The number of benzene rings is 2. The fourth-order valence-corrected chi connectivity index (χ4v) is 2.55. The van der Waals surface area contributed by atoms with Crippen LogP contribution < -0.4 is 10.6 Å². The third-order valence-electron chi connectivity index (χ3n) is 3.85. The van der Waals surface area contributed by atoms with E-state index in [0.717, 1.165) is 35.9 Å². The molecule has 0 unspecified atom stereocenters. The fourth-order valence-electron chi connectivity index (χ4n) is 2.55. The molecule has 0 saturated carbocycles. The van der Waals surface area contributed by atoms with Crippen LogP contribution in [0.15, 0.2) is 65.9 Å². The SMILES string of the molecule is CN=C(NCCc1ccccc1)NCc1cccc(-c2ncn[nH]2)c1.I. The molecule has 1 aromatic heterocycles. The average molecular weight is 462 g/mol. The first-order chi connectivity index (χ1) is 12.3. The van der Waals surface area contributed by atoms with Gasteiger partial charge < -0.3 is 10.6 Å². The van der Waals surface area contributed by atoms with Crippen LogP contribution >= 0.6 is 24.0 Å². The fraction of sp³-hybridized carbons (Fsp3) is 0.211. The number of aliphatic imine (C=N–C) groups is 1. The van der Waals surface area contributed by atoms with Crippen LogP contribution in [0.5, 0.6) is 0 Å². The molecule has 0 aliphatic carbocycles. The van der Waals surface area contributed by atoms with Crippen LogP contribution in [0, 0.1) is 0 Å². The summed E-state index contributed by atoms with van der Waals surface area (Å²) in [6, 6.07) is 18.6. The summed E-state index contributed by atoms with van der Waals surface area (Å²) in [6.45, 7) is 1.52. The van der Waals surface area contributed by atoms with E-state index in [1.807, 2.05) is 18.2 Å². The Bertz CT molecular complexity index is 802. The lowest BCUT2D eigenvalue weighted by Crippen LogP contribution is -2.37. The first kappa shape index (κ1) is 19.9. The largest absolute Gasteiger partial charge is 0.356 e. The molecule has 0 bridgehead atoms. The number of rotatable bonds is 6. The highest BCUT2D eigenvalue weighted by Crippen LogP contribution is 2.15. The van der Waals surface area contributed by atoms with Gasteiger partial charge in [0.05, 0.1) is 0 Å². The highest BCUT2D eigenvalue weighted by molar-refractivity contribution is 14.0. The number of guanidine groups is 1. The number of hydrogen-bond acceptors (Lipinski definition) is 3. The molecule has 0 aliphatic heterocycles. The smallest absolute Gasteiger partial charge is 0.191 e. The van der Waals surface area contributed by atoms with E-state index in [2.05, 4.69) is 67.2 Å². The molecule has 0 saturated heterocycles. The summed E-state index contributed by atoms with van der Waals surface area (Å²) in [4.78, 5) is 8.46. The lowest BCUT2D eigenvalue weighted by molar-refractivity contribution is 0.795. The van der Waals surface area contributed by atoms with Crippen LogP contribution in [0.4, 0.5) is 0 Å². The van der Waals surface area contributed by atoms with Crippen molar-refractivity contribution in [2.24, 2.45) is 4.99 Å². The number of hydrogen-bond donors (Lipinski definition) is 3. The molecular formula is C19H23IN6. The molecule has 3 N–H and O–H groups in total. The highest BCUT2D eigenvalue weighted by Gasteiger charge is 2.03. The van der Waals surface area contributed by atoms with E-state index >= 15 is 0 Å². The molecule has 0 fully saturated rings. The van der Waals surface area contributed by atoms with Crippen molar-refractivity contribution in [3.63, 3.8) is 0 Å². The number of halogens is 1. The molecule has 0 radical (unpaired) electrons. The van der Waals surface area contributed by atoms with Gasteiger partial charge in [0, 0.05) is 25.7 Å². The molecule has 3 rings (SSSR count). The highest BCUT2D eigenvalue weighted by atomic mass is 127. The van der Waals surface area contributed by atoms with E-state index in [-0.39, 0.29) is 24.0 Å². The van der Waals surface area contributed by atoms with Crippen molar-refractivity contribution in [1.29, 1.82) is 0 Å². The van der Waals surface area contributed by atoms with Gasteiger partial charge in [0.2, 0.25) is 0 Å². The number of aromatic amines is 1. The Balaban J connectivity index is 0.00000243. The van der Waals surface area contributed by atoms with Gasteiger partial charge in [-0.2, -0.15) is 5.10 Å². The second-order valence-electron chi connectivity index (χ2n) is 5.62. The minimum absolute atomic E-state index is 0. The van der Waals surface area contributed by atoms with Crippen molar-refractivity contribution in [3.05, 3.63) is 72.1 Å². The molecule has 0 amide bonds. The quantitative estimate of drug-likeness (QED) is 0.299. The molecule has 0 aliphatic rings. The summed E-state index contributed by atoms with van der Waals surface area (Å²) in [7, 11) is 1.78. The second-order valence-corrected chi connectivity index (χ2v) is 5.62. The van der Waals surface area contributed by atoms with Crippen molar-refractivity contribution in [3.8, 4) is 11.4 Å². The van der Waals surface area contributed by atoms with Gasteiger partial charge in [-0.1, -0.05) is 48.5 Å². The summed E-state index contributed by atoms with van der Waals surface area (Å²) in [5.74, 6) is 1.56. The molecule has 26 heavy (non-hydrogen) atoms. The zero-order chi connectivity index (χ0) is 17.3. The summed E-state index contributed by atoms with van der Waals surface area (Å²) in [5, 5.41) is 13.5. The van der Waals surface area contributed by atoms with Gasteiger partial charge in [-0.3, -0.25) is 10.1 Å². The zero-order valence-corrected chi connectivity index (χ0v) is 17.0. The maximum absolute atomic E-state index is 4.27. The van der Waals surface area contributed by atoms with Gasteiger partial charge in [0.25, 0.3) is 0 Å². The van der Waals surface area contributed by atoms with Crippen molar-refractivity contribution in [2.45, 2.75) is 13.0 Å². The average Bonchev–Trinajstić information content (AvgIpc) is 3.20. The number of nitrogens with one attached hydrogen (secondary N) is 3. The predicted molar refractivity (Wildman–Crippen MR) is 116 cm³/mol. The molecule has 1 heterocycles. The standard InChI is InChI=1S/C19H22N6.HI/c1-20-19(21-11-10-15-6-3-2-4-7-15)22-13-16-8-5-9-17(12-16)18-23-14-24-25-18;/h2-9,12,14H,10-11,13H2,1H3,(H2,20,21,22)(H,23,24,25);1H. The van der Waals surface area contributed by atoms with E-state index in [4.69, 9.17) is 0 Å². The predicted octanol–water partition coefficient (Wildman–Crippen LogP) is 3.00. The van der Waals surface area contributed by atoms with Crippen LogP contribution in [0.2, 0.25) is 0 Å². The van der Waals surface area contributed by atoms with Crippen molar-refractivity contribution in [2.75, 3.05) is 13.6 Å². The summed E-state index contributed by atoms with van der Waals surface area (Å²) in [6.07, 6.45) is 2.47. The van der Waals surface area contributed by atoms with Crippen molar-refractivity contribution >= 4 is 29.9 Å². The van der Waals surface area contributed by atoms with Crippen LogP contribution in [0.3, 0.4) is 0 Å². The van der Waals surface area contributed by atoms with E-state index in [9.17, 15) is 0 Å². The Kier molecular flexibility index (Phi) is 8.07. The lowest BCUT2D eigenvalue weighted by atomic mass is 10.1. The summed E-state index contributed by atoms with van der Waals surface area (Å²) >= 11 is 0. The maximum atomic E-state index is 4.27. The Morgan fingerprint density at radius 1 is 1.04 bits per heavy atom. The molecule has 0 atom stereocenters. The Labute approximate surface area is 170 Å².